The fraction of sp³-hybridized carbons (Fsp3) is 0.455. The second-order valence-electron chi connectivity index (χ2n) is 4.32. The monoisotopic (exact) mass is 192 g/mol. The van der Waals surface area contributed by atoms with Gasteiger partial charge in [-0.2, -0.15) is 0 Å². The molecule has 0 aliphatic carbocycles. The van der Waals surface area contributed by atoms with Crippen LogP contribution in [0.2, 0.25) is 0 Å². The molecule has 0 saturated heterocycles. The number of fused-ring (bicyclic) bond motifs is 1. The highest BCUT2D eigenvalue weighted by Crippen LogP contribution is 2.37. The molecule has 1 heterocycles. The molecule has 0 spiro atoms. The van der Waals surface area contributed by atoms with Gasteiger partial charge in [-0.3, -0.25) is 11.3 Å². The zero-order valence-electron chi connectivity index (χ0n) is 8.63. The van der Waals surface area contributed by atoms with Gasteiger partial charge in [0.1, 0.15) is 11.4 Å². The molecular formula is C11H16N2O. The highest BCUT2D eigenvalue weighted by atomic mass is 16.5. The van der Waals surface area contributed by atoms with E-state index in [1.54, 1.807) is 0 Å². The first kappa shape index (κ1) is 9.49. The number of nitrogens with one attached hydrogen (secondary N) is 1. The zero-order chi connectivity index (χ0) is 10.2. The van der Waals surface area contributed by atoms with Crippen LogP contribution in [-0.4, -0.2) is 5.60 Å². The number of benzene rings is 1. The fourth-order valence-electron chi connectivity index (χ4n) is 1.93. The van der Waals surface area contributed by atoms with Crippen molar-refractivity contribution < 1.29 is 4.74 Å². The third kappa shape index (κ3) is 1.61. The molecule has 0 radical (unpaired) electrons. The van der Waals surface area contributed by atoms with Crippen LogP contribution in [0.1, 0.15) is 25.0 Å². The quantitative estimate of drug-likeness (QED) is 0.549. The summed E-state index contributed by atoms with van der Waals surface area (Å²) in [6.07, 6.45) is 0.973. The van der Waals surface area contributed by atoms with Crippen LogP contribution in [0.15, 0.2) is 18.2 Å². The van der Waals surface area contributed by atoms with E-state index in [9.17, 15) is 0 Å². The molecule has 0 fully saturated rings. The zero-order valence-corrected chi connectivity index (χ0v) is 8.63. The van der Waals surface area contributed by atoms with Crippen molar-refractivity contribution in [2.75, 3.05) is 0 Å². The summed E-state index contributed by atoms with van der Waals surface area (Å²) in [6.45, 7) is 4.86. The van der Waals surface area contributed by atoms with E-state index in [-0.39, 0.29) is 5.60 Å². The van der Waals surface area contributed by atoms with Gasteiger partial charge in [-0.1, -0.05) is 18.2 Å². The van der Waals surface area contributed by atoms with Gasteiger partial charge in [-0.05, 0) is 19.4 Å². The Hall–Kier alpha value is -1.06. The molecule has 14 heavy (non-hydrogen) atoms. The minimum absolute atomic E-state index is 0.0764. The van der Waals surface area contributed by atoms with E-state index < -0.39 is 0 Å². The summed E-state index contributed by atoms with van der Waals surface area (Å²) in [4.78, 5) is 0. The lowest BCUT2D eigenvalue weighted by atomic mass is 10.0. The Morgan fingerprint density at radius 2 is 2.29 bits per heavy atom. The summed E-state index contributed by atoms with van der Waals surface area (Å²) in [5.74, 6) is 6.33. The van der Waals surface area contributed by atoms with Crippen molar-refractivity contribution in [2.45, 2.75) is 32.4 Å². The predicted octanol–water partition coefficient (Wildman–Crippen LogP) is 1.36. The lowest BCUT2D eigenvalue weighted by molar-refractivity contribution is 0.137. The fourth-order valence-corrected chi connectivity index (χ4v) is 1.93. The standard InChI is InChI=1S/C11H16N2O/c1-11(2)6-8-4-3-5-9(7-13-12)10(8)14-11/h3-5,13H,6-7,12H2,1-2H3. The summed E-state index contributed by atoms with van der Waals surface area (Å²) in [6, 6.07) is 6.21. The average Bonchev–Trinajstić information content (AvgIpc) is 2.41. The molecule has 0 bridgehead atoms. The third-order valence-electron chi connectivity index (χ3n) is 2.47. The predicted molar refractivity (Wildman–Crippen MR) is 55.9 cm³/mol. The van der Waals surface area contributed by atoms with Gasteiger partial charge in [0.25, 0.3) is 0 Å². The summed E-state index contributed by atoms with van der Waals surface area (Å²) < 4.78 is 5.88. The molecule has 3 nitrogen and oxygen atoms in total. The Kier molecular flexibility index (Phi) is 2.21. The van der Waals surface area contributed by atoms with Gasteiger partial charge in [0.15, 0.2) is 0 Å². The lowest BCUT2D eigenvalue weighted by Crippen LogP contribution is -2.25. The molecule has 76 valence electrons. The van der Waals surface area contributed by atoms with Crippen molar-refractivity contribution in [3.63, 3.8) is 0 Å². The minimum atomic E-state index is -0.0764. The maximum Gasteiger partial charge on any atom is 0.128 e. The largest absolute Gasteiger partial charge is 0.487 e. The van der Waals surface area contributed by atoms with E-state index >= 15 is 0 Å². The van der Waals surface area contributed by atoms with Crippen molar-refractivity contribution in [1.82, 2.24) is 5.43 Å². The molecule has 1 aromatic carbocycles. The van der Waals surface area contributed by atoms with Crippen molar-refractivity contribution >= 4 is 0 Å². The van der Waals surface area contributed by atoms with E-state index in [2.05, 4.69) is 31.4 Å². The smallest absolute Gasteiger partial charge is 0.128 e. The first-order chi connectivity index (χ1) is 6.62. The molecule has 0 saturated carbocycles. The molecule has 0 aromatic heterocycles. The second-order valence-corrected chi connectivity index (χ2v) is 4.32. The normalized spacial score (nSPS) is 17.6. The van der Waals surface area contributed by atoms with Crippen LogP contribution in [0, 0.1) is 0 Å². The van der Waals surface area contributed by atoms with E-state index in [4.69, 9.17) is 10.6 Å². The number of rotatable bonds is 2. The Balaban J connectivity index is 2.36. The number of para-hydroxylation sites is 1. The third-order valence-corrected chi connectivity index (χ3v) is 2.47. The van der Waals surface area contributed by atoms with Crippen molar-refractivity contribution in [1.29, 1.82) is 0 Å². The summed E-state index contributed by atoms with van der Waals surface area (Å²) in [5, 5.41) is 0. The van der Waals surface area contributed by atoms with Gasteiger partial charge in [-0.25, -0.2) is 0 Å². The summed E-state index contributed by atoms with van der Waals surface area (Å²) >= 11 is 0. The molecule has 0 unspecified atom stereocenters. The number of hydrazine groups is 1. The van der Waals surface area contributed by atoms with Gasteiger partial charge in [0, 0.05) is 18.5 Å². The molecule has 2 rings (SSSR count). The Bertz CT molecular complexity index is 347. The molecule has 0 amide bonds. The second kappa shape index (κ2) is 3.26. The molecule has 1 aliphatic rings. The van der Waals surface area contributed by atoms with Crippen LogP contribution in [0.3, 0.4) is 0 Å². The van der Waals surface area contributed by atoms with Gasteiger partial charge < -0.3 is 4.74 Å². The molecule has 3 N–H and O–H groups in total. The number of hydrogen-bond donors (Lipinski definition) is 2. The lowest BCUT2D eigenvalue weighted by Gasteiger charge is -2.18. The van der Waals surface area contributed by atoms with Crippen LogP contribution in [0.5, 0.6) is 5.75 Å². The average molecular weight is 192 g/mol. The number of nitrogens with two attached hydrogens (primary N) is 1. The van der Waals surface area contributed by atoms with Crippen LogP contribution in [0.4, 0.5) is 0 Å². The first-order valence-corrected chi connectivity index (χ1v) is 4.86. The van der Waals surface area contributed by atoms with E-state index in [0.717, 1.165) is 17.7 Å². The topological polar surface area (TPSA) is 47.3 Å². The van der Waals surface area contributed by atoms with E-state index in [1.807, 2.05) is 6.07 Å². The van der Waals surface area contributed by atoms with Gasteiger partial charge >= 0.3 is 0 Å². The molecule has 1 aromatic rings. The summed E-state index contributed by atoms with van der Waals surface area (Å²) in [5.41, 5.74) is 5.00. The number of hydrogen-bond acceptors (Lipinski definition) is 3. The van der Waals surface area contributed by atoms with Gasteiger partial charge in [0.05, 0.1) is 0 Å². The highest BCUT2D eigenvalue weighted by Gasteiger charge is 2.31. The Labute approximate surface area is 84.2 Å². The first-order valence-electron chi connectivity index (χ1n) is 4.86. The molecule has 1 aliphatic heterocycles. The maximum absolute atomic E-state index is 5.88. The van der Waals surface area contributed by atoms with E-state index in [1.165, 1.54) is 5.56 Å². The van der Waals surface area contributed by atoms with Gasteiger partial charge in [-0.15, -0.1) is 0 Å². The highest BCUT2D eigenvalue weighted by molar-refractivity contribution is 5.45. The van der Waals surface area contributed by atoms with Gasteiger partial charge in [0.2, 0.25) is 0 Å². The molecule has 0 atom stereocenters. The summed E-state index contributed by atoms with van der Waals surface area (Å²) in [7, 11) is 0. The van der Waals surface area contributed by atoms with Crippen LogP contribution < -0.4 is 16.0 Å². The van der Waals surface area contributed by atoms with Crippen LogP contribution >= 0.6 is 0 Å². The molecule has 3 heteroatoms. The SMILES string of the molecule is CC1(C)Cc2cccc(CNN)c2O1. The number of ether oxygens (including phenoxy) is 1. The van der Waals surface area contributed by atoms with Crippen molar-refractivity contribution in [3.8, 4) is 5.75 Å². The maximum atomic E-state index is 5.88. The van der Waals surface area contributed by atoms with Crippen molar-refractivity contribution in [2.24, 2.45) is 5.84 Å². The van der Waals surface area contributed by atoms with Crippen LogP contribution in [0.25, 0.3) is 0 Å². The molecular weight excluding hydrogens is 176 g/mol. The van der Waals surface area contributed by atoms with E-state index in [0.29, 0.717) is 6.54 Å². The van der Waals surface area contributed by atoms with Crippen LogP contribution in [-0.2, 0) is 13.0 Å². The van der Waals surface area contributed by atoms with Crippen molar-refractivity contribution in [3.05, 3.63) is 29.3 Å². The Morgan fingerprint density at radius 3 is 3.00 bits per heavy atom. The minimum Gasteiger partial charge on any atom is -0.487 e. The Morgan fingerprint density at radius 1 is 1.50 bits per heavy atom.